The smallest absolute Gasteiger partial charge is 0.0457 e. The summed E-state index contributed by atoms with van der Waals surface area (Å²) in [6.45, 7) is 16.3. The number of fused-ring (bicyclic) bond motifs is 3. The Bertz CT molecular complexity index is 1350. The molecule has 1 aliphatic carbocycles. The van der Waals surface area contributed by atoms with Gasteiger partial charge in [0.25, 0.3) is 0 Å². The zero-order valence-corrected chi connectivity index (χ0v) is 22.2. The summed E-state index contributed by atoms with van der Waals surface area (Å²) in [5.41, 5.74) is 12.0. The van der Waals surface area contributed by atoms with Gasteiger partial charge >= 0.3 is 0 Å². The van der Waals surface area contributed by atoms with E-state index in [0.717, 1.165) is 0 Å². The monoisotopic (exact) mass is 459 g/mol. The van der Waals surface area contributed by atoms with Crippen LogP contribution in [0.15, 0.2) is 91.0 Å². The van der Waals surface area contributed by atoms with Crippen LogP contribution in [0.2, 0.25) is 0 Å². The Morgan fingerprint density at radius 1 is 0.657 bits per heavy atom. The molecule has 1 aliphatic rings. The van der Waals surface area contributed by atoms with Crippen molar-refractivity contribution < 1.29 is 0 Å². The van der Waals surface area contributed by atoms with E-state index < -0.39 is 0 Å². The van der Waals surface area contributed by atoms with Gasteiger partial charge in [0.1, 0.15) is 0 Å². The van der Waals surface area contributed by atoms with Crippen LogP contribution in [0, 0.1) is 0 Å². The highest BCUT2D eigenvalue weighted by Crippen LogP contribution is 2.52. The predicted molar refractivity (Wildman–Crippen MR) is 152 cm³/mol. The Morgan fingerprint density at radius 2 is 1.26 bits per heavy atom. The lowest BCUT2D eigenvalue weighted by molar-refractivity contribution is 0.557. The largest absolute Gasteiger partial charge is 0.336 e. The summed E-state index contributed by atoms with van der Waals surface area (Å²) in [5.74, 6) is 0.420. The Labute approximate surface area is 211 Å². The maximum atomic E-state index is 2.53. The first-order valence-electron chi connectivity index (χ1n) is 12.8. The molecule has 5 rings (SSSR count). The lowest BCUT2D eigenvalue weighted by Crippen LogP contribution is -2.38. The molecule has 4 aromatic rings. The van der Waals surface area contributed by atoms with Gasteiger partial charge in [-0.2, -0.15) is 0 Å². The summed E-state index contributed by atoms with van der Waals surface area (Å²) in [7, 11) is 0. The van der Waals surface area contributed by atoms with Gasteiger partial charge < -0.3 is 4.90 Å². The Balaban J connectivity index is 1.69. The molecule has 0 aliphatic heterocycles. The zero-order chi connectivity index (χ0) is 25.0. The lowest BCUT2D eigenvalue weighted by Gasteiger charge is -2.40. The van der Waals surface area contributed by atoms with Crippen molar-refractivity contribution in [1.29, 1.82) is 0 Å². The van der Waals surface area contributed by atoms with Crippen molar-refractivity contribution in [3.8, 4) is 22.3 Å². The molecule has 0 amide bonds. The molecule has 1 nitrogen and oxygen atoms in total. The summed E-state index contributed by atoms with van der Waals surface area (Å²) in [4.78, 5) is 2.53. The number of rotatable bonds is 4. The second kappa shape index (κ2) is 8.41. The molecular formula is C34H37N. The van der Waals surface area contributed by atoms with Crippen LogP contribution < -0.4 is 4.90 Å². The first kappa shape index (κ1) is 23.4. The Hall–Kier alpha value is -3.32. The molecule has 0 spiro atoms. The van der Waals surface area contributed by atoms with Crippen molar-refractivity contribution >= 4 is 11.4 Å². The van der Waals surface area contributed by atoms with E-state index in [1.165, 1.54) is 50.3 Å². The molecule has 35 heavy (non-hydrogen) atoms. The molecule has 178 valence electrons. The van der Waals surface area contributed by atoms with Crippen molar-refractivity contribution in [2.75, 3.05) is 4.90 Å². The van der Waals surface area contributed by atoms with Crippen molar-refractivity contribution in [3.63, 3.8) is 0 Å². The van der Waals surface area contributed by atoms with Crippen molar-refractivity contribution in [2.45, 2.75) is 65.3 Å². The Morgan fingerprint density at radius 3 is 1.89 bits per heavy atom. The van der Waals surface area contributed by atoms with Gasteiger partial charge in [0.05, 0.1) is 0 Å². The van der Waals surface area contributed by atoms with Crippen LogP contribution in [0.5, 0.6) is 0 Å². The van der Waals surface area contributed by atoms with Crippen molar-refractivity contribution in [3.05, 3.63) is 108 Å². The van der Waals surface area contributed by atoms with Gasteiger partial charge in [-0.25, -0.2) is 0 Å². The number of hydrogen-bond donors (Lipinski definition) is 0. The highest BCUT2D eigenvalue weighted by molar-refractivity contribution is 5.86. The lowest BCUT2D eigenvalue weighted by atomic mass is 9.80. The van der Waals surface area contributed by atoms with Crippen LogP contribution >= 0.6 is 0 Å². The number of anilines is 2. The molecular weight excluding hydrogens is 422 g/mol. The molecule has 1 heteroatoms. The maximum Gasteiger partial charge on any atom is 0.0457 e. The van der Waals surface area contributed by atoms with Crippen molar-refractivity contribution in [2.24, 2.45) is 0 Å². The first-order valence-corrected chi connectivity index (χ1v) is 12.8. The molecule has 0 unspecified atom stereocenters. The number of hydrogen-bond acceptors (Lipinski definition) is 1. The fourth-order valence-electron chi connectivity index (χ4n) is 5.73. The molecule has 0 heterocycles. The van der Waals surface area contributed by atoms with E-state index in [1.807, 2.05) is 0 Å². The van der Waals surface area contributed by atoms with Gasteiger partial charge in [-0.3, -0.25) is 0 Å². The minimum absolute atomic E-state index is 0.0119. The molecule has 0 N–H and O–H groups in total. The molecule has 0 atom stereocenters. The third-order valence-electron chi connectivity index (χ3n) is 7.50. The topological polar surface area (TPSA) is 3.24 Å². The van der Waals surface area contributed by atoms with Gasteiger partial charge in [-0.05, 0) is 83.8 Å². The average Bonchev–Trinajstić information content (AvgIpc) is 3.05. The molecule has 0 bridgehead atoms. The molecule has 0 saturated heterocycles. The van der Waals surface area contributed by atoms with E-state index >= 15 is 0 Å². The van der Waals surface area contributed by atoms with Gasteiger partial charge in [-0.1, -0.05) is 100 Å². The molecule has 0 radical (unpaired) electrons. The fourth-order valence-corrected chi connectivity index (χ4v) is 5.73. The minimum atomic E-state index is -0.0836. The quantitative estimate of drug-likeness (QED) is 0.293. The number of nitrogens with zero attached hydrogens (tertiary/aromatic N) is 1. The third kappa shape index (κ3) is 3.97. The SMILES string of the molecule is CC(C)c1cc2c(cc1N(c1ccc(-c3ccccc3)cc1)C(C)(C)C)-c1ccccc1C2(C)C. The molecule has 4 aromatic carbocycles. The van der Waals surface area contributed by atoms with Crippen LogP contribution in [0.3, 0.4) is 0 Å². The first-order chi connectivity index (χ1) is 16.6. The van der Waals surface area contributed by atoms with E-state index in [9.17, 15) is 0 Å². The van der Waals surface area contributed by atoms with Crippen LogP contribution in [0.1, 0.15) is 71.1 Å². The van der Waals surface area contributed by atoms with Gasteiger partial charge in [-0.15, -0.1) is 0 Å². The highest BCUT2D eigenvalue weighted by atomic mass is 15.2. The normalized spacial score (nSPS) is 14.1. The van der Waals surface area contributed by atoms with E-state index in [0.29, 0.717) is 5.92 Å². The van der Waals surface area contributed by atoms with Crippen LogP contribution in [0.25, 0.3) is 22.3 Å². The van der Waals surface area contributed by atoms with Crippen LogP contribution in [-0.4, -0.2) is 5.54 Å². The maximum absolute atomic E-state index is 2.53. The molecule has 0 saturated carbocycles. The fraction of sp³-hybridized carbons (Fsp3) is 0.294. The van der Waals surface area contributed by atoms with Crippen LogP contribution in [0.4, 0.5) is 11.4 Å². The highest BCUT2D eigenvalue weighted by Gasteiger charge is 2.37. The second-order valence-electron chi connectivity index (χ2n) is 11.7. The standard InChI is InChI=1S/C34H37N/c1-23(2)28-21-31-29(27-15-11-12-16-30(27)34(31,6)7)22-32(28)35(33(3,4)5)26-19-17-25(18-20-26)24-13-9-8-10-14-24/h8-23H,1-7H3. The van der Waals surface area contributed by atoms with E-state index in [4.69, 9.17) is 0 Å². The minimum Gasteiger partial charge on any atom is -0.336 e. The van der Waals surface area contributed by atoms with E-state index in [2.05, 4.69) is 144 Å². The Kier molecular flexibility index (Phi) is 5.63. The van der Waals surface area contributed by atoms with Gasteiger partial charge in [0.2, 0.25) is 0 Å². The summed E-state index contributed by atoms with van der Waals surface area (Å²) >= 11 is 0. The van der Waals surface area contributed by atoms with Crippen LogP contribution in [-0.2, 0) is 5.41 Å². The zero-order valence-electron chi connectivity index (χ0n) is 22.2. The second-order valence-corrected chi connectivity index (χ2v) is 11.7. The molecule has 0 fully saturated rings. The third-order valence-corrected chi connectivity index (χ3v) is 7.50. The average molecular weight is 460 g/mol. The predicted octanol–water partition coefficient (Wildman–Crippen LogP) is 9.72. The summed E-state index contributed by atoms with van der Waals surface area (Å²) in [6, 6.07) is 33.6. The summed E-state index contributed by atoms with van der Waals surface area (Å²) in [5, 5.41) is 0. The van der Waals surface area contributed by atoms with E-state index in [1.54, 1.807) is 0 Å². The molecule has 0 aromatic heterocycles. The summed E-state index contributed by atoms with van der Waals surface area (Å²) in [6.07, 6.45) is 0. The van der Waals surface area contributed by atoms with Crippen molar-refractivity contribution in [1.82, 2.24) is 0 Å². The number of benzene rings is 4. The summed E-state index contributed by atoms with van der Waals surface area (Å²) < 4.78 is 0. The van der Waals surface area contributed by atoms with E-state index in [-0.39, 0.29) is 11.0 Å². The van der Waals surface area contributed by atoms with Gasteiger partial charge in [0, 0.05) is 22.3 Å². The van der Waals surface area contributed by atoms with Gasteiger partial charge in [0.15, 0.2) is 0 Å².